The third kappa shape index (κ3) is 3.82. The Bertz CT molecular complexity index is 749. The number of halogens is 3. The molecule has 1 saturated heterocycles. The normalized spacial score (nSPS) is 21.2. The molecule has 2 atom stereocenters. The Balaban J connectivity index is 1.91. The van der Waals surface area contributed by atoms with Crippen LogP contribution in [0.25, 0.3) is 11.1 Å². The monoisotopic (exact) mass is 349 g/mol. The van der Waals surface area contributed by atoms with Gasteiger partial charge < -0.3 is 10.6 Å². The van der Waals surface area contributed by atoms with E-state index in [0.717, 1.165) is 10.5 Å². The average Bonchev–Trinajstić information content (AvgIpc) is 2.61. The molecule has 7 heteroatoms. The topological polar surface area (TPSA) is 59.2 Å². The van der Waals surface area contributed by atoms with Gasteiger partial charge in [-0.2, -0.15) is 13.2 Å². The van der Waals surface area contributed by atoms with E-state index in [1.807, 2.05) is 30.3 Å². The summed E-state index contributed by atoms with van der Waals surface area (Å²) in [6.07, 6.45) is -1.53. The SMILES string of the molecule is NC1CCC(C(F)(F)F)N(C(=O)c2cncc(-c3ccccc3)c2)C1. The molecule has 2 heterocycles. The third-order valence-corrected chi connectivity index (χ3v) is 4.35. The van der Waals surface area contributed by atoms with E-state index in [0.29, 0.717) is 5.56 Å². The maximum atomic E-state index is 13.3. The van der Waals surface area contributed by atoms with Gasteiger partial charge >= 0.3 is 6.18 Å². The Morgan fingerprint density at radius 3 is 2.52 bits per heavy atom. The quantitative estimate of drug-likeness (QED) is 0.905. The molecule has 2 unspecified atom stereocenters. The Morgan fingerprint density at radius 2 is 1.84 bits per heavy atom. The number of alkyl halides is 3. The molecule has 1 fully saturated rings. The first-order chi connectivity index (χ1) is 11.9. The molecule has 1 aromatic heterocycles. The van der Waals surface area contributed by atoms with Crippen LogP contribution in [0.3, 0.4) is 0 Å². The highest BCUT2D eigenvalue weighted by molar-refractivity contribution is 5.95. The molecule has 3 rings (SSSR count). The number of likely N-dealkylation sites (tertiary alicyclic amines) is 1. The fourth-order valence-corrected chi connectivity index (χ4v) is 3.07. The van der Waals surface area contributed by atoms with Crippen molar-refractivity contribution in [2.45, 2.75) is 31.1 Å². The maximum Gasteiger partial charge on any atom is 0.408 e. The first-order valence-corrected chi connectivity index (χ1v) is 8.00. The first-order valence-electron chi connectivity index (χ1n) is 8.00. The largest absolute Gasteiger partial charge is 0.408 e. The number of piperidine rings is 1. The van der Waals surface area contributed by atoms with Gasteiger partial charge in [0.15, 0.2) is 0 Å². The van der Waals surface area contributed by atoms with Crippen LogP contribution in [-0.2, 0) is 0 Å². The van der Waals surface area contributed by atoms with Crippen LogP contribution in [0.15, 0.2) is 48.8 Å². The zero-order valence-electron chi connectivity index (χ0n) is 13.4. The van der Waals surface area contributed by atoms with Crippen molar-refractivity contribution in [1.29, 1.82) is 0 Å². The molecule has 0 radical (unpaired) electrons. The van der Waals surface area contributed by atoms with E-state index in [-0.39, 0.29) is 24.9 Å². The number of rotatable bonds is 2. The average molecular weight is 349 g/mol. The van der Waals surface area contributed by atoms with E-state index in [2.05, 4.69) is 4.98 Å². The molecule has 25 heavy (non-hydrogen) atoms. The summed E-state index contributed by atoms with van der Waals surface area (Å²) in [5.74, 6) is -0.692. The molecule has 1 aliphatic rings. The van der Waals surface area contributed by atoms with Crippen LogP contribution in [0.5, 0.6) is 0 Å². The number of nitrogens with two attached hydrogens (primary N) is 1. The highest BCUT2D eigenvalue weighted by Crippen LogP contribution is 2.32. The molecule has 0 saturated carbocycles. The fourth-order valence-electron chi connectivity index (χ4n) is 3.07. The molecular weight excluding hydrogens is 331 g/mol. The number of hydrogen-bond acceptors (Lipinski definition) is 3. The van der Waals surface area contributed by atoms with Crippen molar-refractivity contribution in [2.75, 3.05) is 6.54 Å². The Labute approximate surface area is 143 Å². The summed E-state index contributed by atoms with van der Waals surface area (Å²) >= 11 is 0. The minimum atomic E-state index is -4.47. The molecule has 1 aromatic carbocycles. The van der Waals surface area contributed by atoms with Crippen molar-refractivity contribution >= 4 is 5.91 Å². The van der Waals surface area contributed by atoms with E-state index in [4.69, 9.17) is 5.73 Å². The summed E-state index contributed by atoms with van der Waals surface area (Å²) in [6.45, 7) is -0.113. The van der Waals surface area contributed by atoms with E-state index in [1.54, 1.807) is 12.3 Å². The summed E-state index contributed by atoms with van der Waals surface area (Å²) in [7, 11) is 0. The lowest BCUT2D eigenvalue weighted by Crippen LogP contribution is -2.56. The van der Waals surface area contributed by atoms with Gasteiger partial charge in [0.2, 0.25) is 0 Å². The van der Waals surface area contributed by atoms with Crippen LogP contribution in [0.1, 0.15) is 23.2 Å². The highest BCUT2D eigenvalue weighted by Gasteiger charge is 2.47. The summed E-state index contributed by atoms with van der Waals surface area (Å²) < 4.78 is 39.9. The van der Waals surface area contributed by atoms with Crippen LogP contribution in [-0.4, -0.2) is 40.6 Å². The van der Waals surface area contributed by atoms with Gasteiger partial charge in [0.1, 0.15) is 6.04 Å². The van der Waals surface area contributed by atoms with E-state index in [1.165, 1.54) is 6.20 Å². The second kappa shape index (κ2) is 6.84. The van der Waals surface area contributed by atoms with Crippen molar-refractivity contribution in [3.05, 3.63) is 54.4 Å². The molecule has 1 amide bonds. The first kappa shape index (κ1) is 17.4. The van der Waals surface area contributed by atoms with E-state index < -0.39 is 24.2 Å². The van der Waals surface area contributed by atoms with Crippen LogP contribution < -0.4 is 5.73 Å². The highest BCUT2D eigenvalue weighted by atomic mass is 19.4. The van der Waals surface area contributed by atoms with Crippen LogP contribution in [0, 0.1) is 0 Å². The van der Waals surface area contributed by atoms with Crippen LogP contribution >= 0.6 is 0 Å². The number of amides is 1. The molecule has 1 aliphatic heterocycles. The smallest absolute Gasteiger partial charge is 0.326 e. The van der Waals surface area contributed by atoms with Gasteiger partial charge in [0.25, 0.3) is 5.91 Å². The van der Waals surface area contributed by atoms with Crippen molar-refractivity contribution in [2.24, 2.45) is 5.73 Å². The third-order valence-electron chi connectivity index (χ3n) is 4.35. The standard InChI is InChI=1S/C18H18F3N3O/c19-18(20,21)16-7-6-15(22)11-24(16)17(25)14-8-13(9-23-10-14)12-4-2-1-3-5-12/h1-5,8-10,15-16H,6-7,11,22H2. The maximum absolute atomic E-state index is 13.3. The van der Waals surface area contributed by atoms with Gasteiger partial charge in [-0.25, -0.2) is 0 Å². The van der Waals surface area contributed by atoms with Gasteiger partial charge in [-0.05, 0) is 24.5 Å². The molecule has 2 N–H and O–H groups in total. The van der Waals surface area contributed by atoms with Crippen molar-refractivity contribution in [1.82, 2.24) is 9.88 Å². The lowest BCUT2D eigenvalue weighted by Gasteiger charge is -2.39. The lowest BCUT2D eigenvalue weighted by atomic mass is 9.97. The number of benzene rings is 1. The molecule has 132 valence electrons. The minimum absolute atomic E-state index is 0.113. The van der Waals surface area contributed by atoms with Gasteiger partial charge in [-0.3, -0.25) is 9.78 Å². The molecular formula is C18H18F3N3O. The Kier molecular flexibility index (Phi) is 4.76. The van der Waals surface area contributed by atoms with E-state index in [9.17, 15) is 18.0 Å². The lowest BCUT2D eigenvalue weighted by molar-refractivity contribution is -0.184. The van der Waals surface area contributed by atoms with Gasteiger partial charge in [0, 0.05) is 30.5 Å². The predicted molar refractivity (Wildman–Crippen MR) is 87.8 cm³/mol. The van der Waals surface area contributed by atoms with Crippen molar-refractivity contribution < 1.29 is 18.0 Å². The fraction of sp³-hybridized carbons (Fsp3) is 0.333. The van der Waals surface area contributed by atoms with Crippen molar-refractivity contribution in [3.63, 3.8) is 0 Å². The van der Waals surface area contributed by atoms with Crippen LogP contribution in [0.4, 0.5) is 13.2 Å². The van der Waals surface area contributed by atoms with Gasteiger partial charge in [0.05, 0.1) is 5.56 Å². The molecule has 0 bridgehead atoms. The van der Waals surface area contributed by atoms with Gasteiger partial charge in [-0.15, -0.1) is 0 Å². The number of hydrogen-bond donors (Lipinski definition) is 1. The summed E-state index contributed by atoms with van der Waals surface area (Å²) in [6, 6.07) is 8.54. The summed E-state index contributed by atoms with van der Waals surface area (Å²) in [5.41, 5.74) is 7.44. The zero-order valence-corrected chi connectivity index (χ0v) is 13.4. The number of nitrogens with zero attached hydrogens (tertiary/aromatic N) is 2. The second-order valence-corrected chi connectivity index (χ2v) is 6.18. The molecule has 0 spiro atoms. The molecule has 4 nitrogen and oxygen atoms in total. The van der Waals surface area contributed by atoms with E-state index >= 15 is 0 Å². The number of pyridine rings is 1. The summed E-state index contributed by atoms with van der Waals surface area (Å²) in [4.78, 5) is 17.6. The Hall–Kier alpha value is -2.41. The number of aromatic nitrogens is 1. The minimum Gasteiger partial charge on any atom is -0.326 e. The van der Waals surface area contributed by atoms with Gasteiger partial charge in [-0.1, -0.05) is 30.3 Å². The number of carbonyl (C=O) groups is 1. The zero-order chi connectivity index (χ0) is 18.0. The molecule has 0 aliphatic carbocycles. The van der Waals surface area contributed by atoms with Crippen LogP contribution in [0.2, 0.25) is 0 Å². The Morgan fingerprint density at radius 1 is 1.12 bits per heavy atom. The number of carbonyl (C=O) groups excluding carboxylic acids is 1. The second-order valence-electron chi connectivity index (χ2n) is 6.18. The summed E-state index contributed by atoms with van der Waals surface area (Å²) in [5, 5.41) is 0. The molecule has 2 aromatic rings. The predicted octanol–water partition coefficient (Wildman–Crippen LogP) is 3.24. The van der Waals surface area contributed by atoms with Crippen molar-refractivity contribution in [3.8, 4) is 11.1 Å².